The largest absolute Gasteiger partial charge is 0.543 e. The quantitative estimate of drug-likeness (QED) is 0.127. The van der Waals surface area contributed by atoms with Crippen LogP contribution in [-0.2, 0) is 24.0 Å². The first-order chi connectivity index (χ1) is 18.1. The normalized spacial score (nSPS) is 30.5. The molecule has 1 aromatic rings. The Morgan fingerprint density at radius 2 is 1.97 bits per heavy atom. The number of carbonyl (C=O) groups is 4. The summed E-state index contributed by atoms with van der Waals surface area (Å²) in [7, 11) is 0. The van der Waals surface area contributed by atoms with E-state index in [4.69, 9.17) is 16.3 Å². The van der Waals surface area contributed by atoms with Crippen molar-refractivity contribution in [3.8, 4) is 0 Å². The number of nitrogens with one attached hydrogen (secondary N) is 1. The number of hydrogen-bond acceptors (Lipinski definition) is 12. The van der Waals surface area contributed by atoms with Crippen molar-refractivity contribution in [2.75, 3.05) is 44.3 Å². The monoisotopic (exact) mass is 564 g/mol. The third kappa shape index (κ3) is 4.39. The molecule has 38 heavy (non-hydrogen) atoms. The number of aliphatic carboxylic acids is 1. The Morgan fingerprint density at radius 3 is 2.53 bits per heavy atom. The summed E-state index contributed by atoms with van der Waals surface area (Å²) < 4.78 is 4.65. The first-order valence-corrected chi connectivity index (χ1v) is 14.1. The number of oxime groups is 1. The molecule has 5 N–H and O–H groups in total. The second kappa shape index (κ2) is 9.81. The number of amides is 3. The van der Waals surface area contributed by atoms with Crippen LogP contribution in [0.15, 0.2) is 16.4 Å². The lowest BCUT2D eigenvalue weighted by atomic mass is 9.70. The van der Waals surface area contributed by atoms with E-state index < -0.39 is 34.6 Å². The van der Waals surface area contributed by atoms with Gasteiger partial charge in [-0.15, -0.1) is 11.8 Å². The Balaban J connectivity index is 1.32. The van der Waals surface area contributed by atoms with E-state index in [1.54, 1.807) is 6.92 Å². The topological polar surface area (TPSA) is 206 Å². The highest BCUT2D eigenvalue weighted by atomic mass is 32.2. The molecule has 4 fully saturated rings. The van der Waals surface area contributed by atoms with E-state index in [-0.39, 0.29) is 34.9 Å². The van der Waals surface area contributed by atoms with Gasteiger partial charge in [0.2, 0.25) is 17.4 Å². The first kappa shape index (κ1) is 26.4. The average Bonchev–Trinajstić information content (AvgIpc) is 3.33. The van der Waals surface area contributed by atoms with Gasteiger partial charge in [0.05, 0.1) is 36.7 Å². The van der Waals surface area contributed by atoms with Gasteiger partial charge in [-0.05, 0) is 6.92 Å². The molecule has 0 saturated carbocycles. The fraction of sp³-hybridized carbons (Fsp3) is 0.591. The van der Waals surface area contributed by atoms with Crippen LogP contribution >= 0.6 is 23.3 Å². The van der Waals surface area contributed by atoms with Crippen molar-refractivity contribution in [3.05, 3.63) is 17.1 Å². The van der Waals surface area contributed by atoms with Gasteiger partial charge in [0, 0.05) is 42.1 Å². The molecular formula is C22H28N8O6S2. The summed E-state index contributed by atoms with van der Waals surface area (Å²) in [4.78, 5) is 60.5. The Morgan fingerprint density at radius 1 is 1.29 bits per heavy atom. The Bertz CT molecular complexity index is 1240. The van der Waals surface area contributed by atoms with E-state index in [1.807, 2.05) is 0 Å². The summed E-state index contributed by atoms with van der Waals surface area (Å²) in [5, 5.41) is 18.2. The van der Waals surface area contributed by atoms with Crippen LogP contribution in [0.2, 0.25) is 0 Å². The van der Waals surface area contributed by atoms with Gasteiger partial charge in [-0.3, -0.25) is 19.3 Å². The van der Waals surface area contributed by atoms with Crippen LogP contribution in [0.4, 0.5) is 5.13 Å². The number of nitrogens with two attached hydrogens (primary N) is 2. The maximum Gasteiger partial charge on any atom is 0.278 e. The number of carboxylic acids is 1. The molecule has 5 aliphatic rings. The van der Waals surface area contributed by atoms with E-state index >= 15 is 0 Å². The van der Waals surface area contributed by atoms with E-state index in [1.165, 1.54) is 16.7 Å². The number of carbonyl (C=O) groups excluding carboxylic acids is 4. The number of thioether (sulfide) groups is 1. The van der Waals surface area contributed by atoms with E-state index in [0.717, 1.165) is 31.2 Å². The van der Waals surface area contributed by atoms with Gasteiger partial charge < -0.3 is 36.0 Å². The molecule has 2 atom stereocenters. The summed E-state index contributed by atoms with van der Waals surface area (Å²) in [6, 6.07) is -0.973. The number of β-lactam (4-membered cyclic amide) rings is 1. The lowest BCUT2D eigenvalue weighted by molar-refractivity contribution is -0.940. The predicted octanol–water partition coefficient (Wildman–Crippen LogP) is -2.25. The highest BCUT2D eigenvalue weighted by Gasteiger charge is 2.56. The van der Waals surface area contributed by atoms with Crippen molar-refractivity contribution in [3.63, 3.8) is 0 Å². The number of nitrogen functional groups attached to an aromatic ring is 1. The highest BCUT2D eigenvalue weighted by molar-refractivity contribution is 8.00. The number of carboxylic acid groups (broad SMARTS) is 1. The number of primary amides is 1. The number of quaternary nitrogens is 1. The second-order valence-electron chi connectivity index (χ2n) is 9.98. The maximum absolute atomic E-state index is 13.1. The van der Waals surface area contributed by atoms with Gasteiger partial charge in [-0.25, -0.2) is 0 Å². The first-order valence-electron chi connectivity index (χ1n) is 12.2. The number of hydrogen-bond donors (Lipinski definition) is 3. The summed E-state index contributed by atoms with van der Waals surface area (Å²) in [5.41, 5.74) is 11.1. The van der Waals surface area contributed by atoms with Crippen molar-refractivity contribution < 1.29 is 33.6 Å². The minimum Gasteiger partial charge on any atom is -0.543 e. The van der Waals surface area contributed by atoms with Crippen LogP contribution in [0, 0.1) is 5.41 Å². The molecule has 1 aromatic heterocycles. The van der Waals surface area contributed by atoms with Crippen LogP contribution < -0.4 is 21.9 Å². The molecule has 0 aromatic carbocycles. The number of anilines is 1. The van der Waals surface area contributed by atoms with Crippen molar-refractivity contribution in [2.24, 2.45) is 16.3 Å². The SMILES string of the molecule is CCO/N=C(\C(=O)N[C@@H]1C(=O)N2C(C(=O)[O-])=C(C[N+]34CCC(C(N)=O)(CC3)CC4)CS[C@@H]12)c1nsc(N)n1. The molecule has 14 nitrogen and oxygen atoms in total. The zero-order valence-corrected chi connectivity index (χ0v) is 22.3. The molecule has 204 valence electrons. The molecule has 0 unspecified atom stereocenters. The number of piperidine rings is 3. The fourth-order valence-electron chi connectivity index (χ4n) is 5.72. The Hall–Kier alpha value is -3.24. The van der Waals surface area contributed by atoms with Crippen molar-refractivity contribution in [1.29, 1.82) is 0 Å². The van der Waals surface area contributed by atoms with Crippen LogP contribution in [0.25, 0.3) is 0 Å². The summed E-state index contributed by atoms with van der Waals surface area (Å²) in [6.07, 6.45) is 2.02. The standard InChI is InChI=1S/C22H28N8O6S2/c1-2-36-27-12(15-26-21(24)38-28-15)16(31)25-13-17(32)29-14(19(33)34)11(10-37-18(13)29)9-30-6-3-22(4-7-30,5-8-30)20(23)35/h13,18H,2-10H2,1H3,(H5-,23,24,25,26,28,31,33,34,35)/b27-12-/t13-,18+,22?,30?/m1/s1. The van der Waals surface area contributed by atoms with Crippen LogP contribution in [0.1, 0.15) is 32.0 Å². The minimum absolute atomic E-state index is 0.0340. The predicted molar refractivity (Wildman–Crippen MR) is 135 cm³/mol. The van der Waals surface area contributed by atoms with Crippen LogP contribution in [-0.4, -0.2) is 98.1 Å². The van der Waals surface area contributed by atoms with E-state index in [2.05, 4.69) is 19.8 Å². The highest BCUT2D eigenvalue weighted by Crippen LogP contribution is 2.46. The third-order valence-corrected chi connectivity index (χ3v) is 9.81. The van der Waals surface area contributed by atoms with Gasteiger partial charge in [0.1, 0.15) is 24.6 Å². The van der Waals surface area contributed by atoms with Crippen molar-refractivity contribution in [1.82, 2.24) is 19.6 Å². The van der Waals surface area contributed by atoms with Gasteiger partial charge in [0.15, 0.2) is 5.13 Å². The molecule has 3 amide bonds. The lowest BCUT2D eigenvalue weighted by Gasteiger charge is -2.55. The van der Waals surface area contributed by atoms with Gasteiger partial charge in [-0.1, -0.05) is 5.16 Å². The molecule has 6 heterocycles. The number of fused-ring (bicyclic) bond motifs is 4. The summed E-state index contributed by atoms with van der Waals surface area (Å²) in [5.74, 6) is -2.65. The van der Waals surface area contributed by atoms with Crippen molar-refractivity contribution in [2.45, 2.75) is 37.6 Å². The van der Waals surface area contributed by atoms with Gasteiger partial charge in [-0.2, -0.15) is 9.36 Å². The zero-order valence-electron chi connectivity index (χ0n) is 20.7. The van der Waals surface area contributed by atoms with Crippen LogP contribution in [0.3, 0.4) is 0 Å². The molecular weight excluding hydrogens is 536 g/mol. The lowest BCUT2D eigenvalue weighted by Crippen LogP contribution is -2.72. The molecule has 16 heteroatoms. The van der Waals surface area contributed by atoms with Gasteiger partial charge >= 0.3 is 0 Å². The average molecular weight is 565 g/mol. The van der Waals surface area contributed by atoms with Crippen LogP contribution in [0.5, 0.6) is 0 Å². The number of aromatic nitrogens is 2. The summed E-state index contributed by atoms with van der Waals surface area (Å²) >= 11 is 2.26. The minimum atomic E-state index is -1.43. The zero-order chi connectivity index (χ0) is 27.2. The Kier molecular flexibility index (Phi) is 6.81. The third-order valence-electron chi connectivity index (χ3n) is 7.92. The van der Waals surface area contributed by atoms with E-state index in [9.17, 15) is 24.3 Å². The molecule has 0 radical (unpaired) electrons. The smallest absolute Gasteiger partial charge is 0.278 e. The molecule has 4 saturated heterocycles. The second-order valence-corrected chi connectivity index (χ2v) is 11.9. The fourth-order valence-corrected chi connectivity index (χ4v) is 7.49. The molecule has 2 bridgehead atoms. The van der Waals surface area contributed by atoms with E-state index in [0.29, 0.717) is 41.6 Å². The maximum atomic E-state index is 13.1. The van der Waals surface area contributed by atoms with Gasteiger partial charge in [0.25, 0.3) is 11.8 Å². The Labute approximate surface area is 226 Å². The number of rotatable bonds is 9. The summed E-state index contributed by atoms with van der Waals surface area (Å²) in [6.45, 7) is 4.52. The number of nitrogens with zero attached hydrogens (tertiary/aromatic N) is 5. The van der Waals surface area contributed by atoms with Crippen molar-refractivity contribution >= 4 is 57.8 Å². The molecule has 5 aliphatic heterocycles. The molecule has 0 spiro atoms. The molecule has 0 aliphatic carbocycles. The molecule has 6 rings (SSSR count).